The van der Waals surface area contributed by atoms with Gasteiger partial charge in [-0.25, -0.2) is 4.39 Å². The number of nitrogens with zero attached hydrogens (tertiary/aromatic N) is 2. The number of hydrogen-bond donors (Lipinski definition) is 1. The Kier molecular flexibility index (Phi) is 2.76. The molecule has 1 atom stereocenters. The van der Waals surface area contributed by atoms with Gasteiger partial charge in [-0.2, -0.15) is 0 Å². The molecule has 19 heavy (non-hydrogen) atoms. The van der Waals surface area contributed by atoms with Crippen molar-refractivity contribution < 1.29 is 8.81 Å². The van der Waals surface area contributed by atoms with Crippen LogP contribution in [0.25, 0.3) is 11.0 Å². The minimum Gasteiger partial charge on any atom is -0.456 e. The summed E-state index contributed by atoms with van der Waals surface area (Å²) in [5.41, 5.74) is 7.68. The van der Waals surface area contributed by atoms with E-state index in [2.05, 4.69) is 9.97 Å². The number of para-hydroxylation sites is 1. The van der Waals surface area contributed by atoms with E-state index < -0.39 is 11.9 Å². The fraction of sp³-hybridized carbons (Fsp3) is 0.143. The monoisotopic (exact) mass is 257 g/mol. The first kappa shape index (κ1) is 11.8. The Morgan fingerprint density at radius 3 is 2.79 bits per heavy atom. The molecule has 0 amide bonds. The van der Waals surface area contributed by atoms with Gasteiger partial charge >= 0.3 is 0 Å². The smallest absolute Gasteiger partial charge is 0.169 e. The number of rotatable bonds is 2. The molecule has 2 heterocycles. The fourth-order valence-electron chi connectivity index (χ4n) is 1.91. The highest BCUT2D eigenvalue weighted by atomic mass is 19.1. The Bertz CT molecular complexity index is 721. The summed E-state index contributed by atoms with van der Waals surface area (Å²) in [7, 11) is 0. The van der Waals surface area contributed by atoms with Crippen LogP contribution in [0.2, 0.25) is 0 Å². The first-order chi connectivity index (χ1) is 9.15. The number of aryl methyl sites for hydroxylation is 1. The number of benzene rings is 1. The molecule has 0 aliphatic rings. The summed E-state index contributed by atoms with van der Waals surface area (Å²) >= 11 is 0. The highest BCUT2D eigenvalue weighted by Gasteiger charge is 2.17. The van der Waals surface area contributed by atoms with Crippen molar-refractivity contribution in [3.63, 3.8) is 0 Å². The molecule has 3 rings (SSSR count). The Morgan fingerprint density at radius 1 is 1.26 bits per heavy atom. The van der Waals surface area contributed by atoms with Gasteiger partial charge in [-0.05, 0) is 19.1 Å². The van der Waals surface area contributed by atoms with Crippen molar-refractivity contribution in [1.82, 2.24) is 9.97 Å². The van der Waals surface area contributed by atoms with Crippen molar-refractivity contribution in [2.24, 2.45) is 5.73 Å². The minimum atomic E-state index is -0.556. The second-order valence-corrected chi connectivity index (χ2v) is 4.37. The van der Waals surface area contributed by atoms with Gasteiger partial charge in [0.2, 0.25) is 0 Å². The van der Waals surface area contributed by atoms with Gasteiger partial charge in [-0.1, -0.05) is 12.1 Å². The lowest BCUT2D eigenvalue weighted by Crippen LogP contribution is -2.13. The van der Waals surface area contributed by atoms with E-state index in [1.54, 1.807) is 30.6 Å². The van der Waals surface area contributed by atoms with Gasteiger partial charge in [0.15, 0.2) is 11.4 Å². The van der Waals surface area contributed by atoms with E-state index in [0.29, 0.717) is 16.8 Å². The normalized spacial score (nSPS) is 12.8. The van der Waals surface area contributed by atoms with Crippen LogP contribution in [0.3, 0.4) is 0 Å². The number of aromatic nitrogens is 2. The molecule has 0 fully saturated rings. The Hall–Kier alpha value is -2.27. The molecular formula is C14H12FN3O. The lowest BCUT2D eigenvalue weighted by atomic mass is 10.1. The molecule has 1 aromatic carbocycles. The average molecular weight is 257 g/mol. The molecule has 0 bridgehead atoms. The average Bonchev–Trinajstić information content (AvgIpc) is 2.84. The van der Waals surface area contributed by atoms with Crippen LogP contribution in [0.15, 0.2) is 41.1 Å². The summed E-state index contributed by atoms with van der Waals surface area (Å²) in [5.74, 6) is 0.0733. The second kappa shape index (κ2) is 4.44. The molecular weight excluding hydrogens is 245 g/mol. The lowest BCUT2D eigenvalue weighted by Gasteiger charge is -2.07. The van der Waals surface area contributed by atoms with Crippen LogP contribution >= 0.6 is 0 Å². The predicted molar refractivity (Wildman–Crippen MR) is 69.0 cm³/mol. The van der Waals surface area contributed by atoms with Gasteiger partial charge in [0, 0.05) is 11.6 Å². The quantitative estimate of drug-likeness (QED) is 0.766. The maximum absolute atomic E-state index is 13.6. The zero-order chi connectivity index (χ0) is 13.4. The van der Waals surface area contributed by atoms with Crippen molar-refractivity contribution in [2.45, 2.75) is 13.0 Å². The van der Waals surface area contributed by atoms with Gasteiger partial charge in [0.05, 0.1) is 17.6 Å². The molecule has 0 aliphatic heterocycles. The number of fused-ring (bicyclic) bond motifs is 1. The molecule has 2 aromatic heterocycles. The zero-order valence-corrected chi connectivity index (χ0v) is 10.3. The molecule has 0 saturated heterocycles. The van der Waals surface area contributed by atoms with E-state index in [1.807, 2.05) is 6.92 Å². The zero-order valence-electron chi connectivity index (χ0n) is 10.3. The summed E-state index contributed by atoms with van der Waals surface area (Å²) in [4.78, 5) is 8.34. The number of furan rings is 1. The Morgan fingerprint density at radius 2 is 2.11 bits per heavy atom. The van der Waals surface area contributed by atoms with Gasteiger partial charge < -0.3 is 10.2 Å². The number of halogens is 1. The van der Waals surface area contributed by atoms with Crippen LogP contribution in [0.1, 0.15) is 23.2 Å². The fourth-order valence-corrected chi connectivity index (χ4v) is 1.91. The standard InChI is InChI=1S/C14H12FN3O/c1-8-6-18-11(7-17-8)13(16)12-5-9-3-2-4-10(15)14(9)19-12/h2-7,13H,16H2,1H3. The van der Waals surface area contributed by atoms with Crippen LogP contribution in [0.5, 0.6) is 0 Å². The maximum Gasteiger partial charge on any atom is 0.169 e. The van der Waals surface area contributed by atoms with Gasteiger partial charge in [0.25, 0.3) is 0 Å². The summed E-state index contributed by atoms with van der Waals surface area (Å²) in [6.45, 7) is 1.85. The molecule has 2 N–H and O–H groups in total. The van der Waals surface area contributed by atoms with Gasteiger partial charge in [-0.3, -0.25) is 9.97 Å². The van der Waals surface area contributed by atoms with E-state index in [-0.39, 0.29) is 5.58 Å². The molecule has 0 saturated carbocycles. The maximum atomic E-state index is 13.6. The van der Waals surface area contributed by atoms with Crippen molar-refractivity contribution in [3.05, 3.63) is 59.6 Å². The van der Waals surface area contributed by atoms with E-state index in [4.69, 9.17) is 10.2 Å². The van der Waals surface area contributed by atoms with Crippen molar-refractivity contribution in [3.8, 4) is 0 Å². The van der Waals surface area contributed by atoms with Crippen LogP contribution in [-0.4, -0.2) is 9.97 Å². The summed E-state index contributed by atoms with van der Waals surface area (Å²) < 4.78 is 19.0. The predicted octanol–water partition coefficient (Wildman–Crippen LogP) is 2.72. The SMILES string of the molecule is Cc1cnc(C(N)c2cc3cccc(F)c3o2)cn1. The third kappa shape index (κ3) is 2.08. The summed E-state index contributed by atoms with van der Waals surface area (Å²) in [6.07, 6.45) is 3.24. The second-order valence-electron chi connectivity index (χ2n) is 4.37. The van der Waals surface area contributed by atoms with E-state index in [0.717, 1.165) is 5.69 Å². The molecule has 5 heteroatoms. The lowest BCUT2D eigenvalue weighted by molar-refractivity contribution is 0.498. The molecule has 0 aliphatic carbocycles. The van der Waals surface area contributed by atoms with Crippen LogP contribution in [0, 0.1) is 12.7 Å². The molecule has 0 spiro atoms. The topological polar surface area (TPSA) is 64.9 Å². The van der Waals surface area contributed by atoms with E-state index in [9.17, 15) is 4.39 Å². The van der Waals surface area contributed by atoms with Crippen LogP contribution in [-0.2, 0) is 0 Å². The number of hydrogen-bond acceptors (Lipinski definition) is 4. The van der Waals surface area contributed by atoms with Crippen molar-refractivity contribution >= 4 is 11.0 Å². The highest BCUT2D eigenvalue weighted by Crippen LogP contribution is 2.27. The third-order valence-corrected chi connectivity index (χ3v) is 2.94. The summed E-state index contributed by atoms with van der Waals surface area (Å²) in [5, 5.41) is 0.686. The minimum absolute atomic E-state index is 0.216. The largest absolute Gasteiger partial charge is 0.456 e. The van der Waals surface area contributed by atoms with E-state index in [1.165, 1.54) is 6.07 Å². The molecule has 4 nitrogen and oxygen atoms in total. The molecule has 96 valence electrons. The molecule has 1 unspecified atom stereocenters. The van der Waals surface area contributed by atoms with Gasteiger partial charge in [0.1, 0.15) is 11.8 Å². The van der Waals surface area contributed by atoms with E-state index >= 15 is 0 Å². The first-order valence-corrected chi connectivity index (χ1v) is 5.87. The van der Waals surface area contributed by atoms with Crippen LogP contribution in [0.4, 0.5) is 4.39 Å². The third-order valence-electron chi connectivity index (χ3n) is 2.94. The highest BCUT2D eigenvalue weighted by molar-refractivity contribution is 5.78. The first-order valence-electron chi connectivity index (χ1n) is 5.87. The Balaban J connectivity index is 2.04. The molecule has 3 aromatic rings. The van der Waals surface area contributed by atoms with Gasteiger partial charge in [-0.15, -0.1) is 0 Å². The van der Waals surface area contributed by atoms with Crippen molar-refractivity contribution in [2.75, 3.05) is 0 Å². The Labute approximate surface area is 109 Å². The van der Waals surface area contributed by atoms with Crippen molar-refractivity contribution in [1.29, 1.82) is 0 Å². The molecule has 0 radical (unpaired) electrons. The number of nitrogens with two attached hydrogens (primary N) is 1. The van der Waals surface area contributed by atoms with Crippen LogP contribution < -0.4 is 5.73 Å². The summed E-state index contributed by atoms with van der Waals surface area (Å²) in [6, 6.07) is 5.93.